The van der Waals surface area contributed by atoms with Crippen molar-refractivity contribution in [2.75, 3.05) is 40.5 Å². The van der Waals surface area contributed by atoms with E-state index in [-0.39, 0.29) is 0 Å². The molecule has 0 aromatic heterocycles. The molecule has 0 spiro atoms. The first-order valence-corrected chi connectivity index (χ1v) is 6.69. The largest absolute Gasteiger partial charge is 0.427 e. The van der Waals surface area contributed by atoms with Gasteiger partial charge < -0.3 is 13.6 Å². The Balaban J connectivity index is 2.60. The molecule has 1 heterocycles. The minimum atomic E-state index is -2.06. The third kappa shape index (κ3) is 2.29. The summed E-state index contributed by atoms with van der Waals surface area (Å²) in [6, 6.07) is 0.958. The Labute approximate surface area is 81.1 Å². The van der Waals surface area contributed by atoms with Gasteiger partial charge in [0.15, 0.2) is 0 Å². The molecule has 0 amide bonds. The maximum absolute atomic E-state index is 5.56. The van der Waals surface area contributed by atoms with Crippen molar-refractivity contribution >= 4 is 8.72 Å². The minimum Gasteiger partial charge on any atom is -0.386 e. The summed E-state index contributed by atoms with van der Waals surface area (Å²) >= 11 is 0. The lowest BCUT2D eigenvalue weighted by Gasteiger charge is -2.39. The van der Waals surface area contributed by atoms with Gasteiger partial charge in [-0.3, -0.25) is 4.57 Å². The van der Waals surface area contributed by atoms with Gasteiger partial charge in [0.25, 0.3) is 0 Å². The number of nitrogens with zero attached hydrogens (tertiary/aromatic N) is 1. The Morgan fingerprint density at radius 2 is 1.77 bits per heavy atom. The van der Waals surface area contributed by atoms with E-state index in [9.17, 15) is 0 Å². The fourth-order valence-electron chi connectivity index (χ4n) is 1.76. The molecule has 1 aliphatic rings. The van der Waals surface area contributed by atoms with Crippen LogP contribution < -0.4 is 0 Å². The van der Waals surface area contributed by atoms with Crippen LogP contribution in [0.3, 0.4) is 0 Å². The van der Waals surface area contributed by atoms with E-state index in [4.69, 9.17) is 13.6 Å². The Morgan fingerprint density at radius 3 is 2.15 bits per heavy atom. The molecule has 0 saturated carbocycles. The summed E-state index contributed by atoms with van der Waals surface area (Å²) in [5.74, 6) is 0. The molecule has 4 nitrogen and oxygen atoms in total. The number of hydrogen-bond acceptors (Lipinski definition) is 4. The van der Waals surface area contributed by atoms with Gasteiger partial charge in [0.1, 0.15) is 0 Å². The van der Waals surface area contributed by atoms with E-state index < -0.39 is 8.72 Å². The van der Waals surface area contributed by atoms with Gasteiger partial charge in [0.2, 0.25) is 0 Å². The zero-order chi connectivity index (χ0) is 9.73. The van der Waals surface area contributed by atoms with Crippen molar-refractivity contribution in [2.24, 2.45) is 0 Å². The van der Waals surface area contributed by atoms with E-state index in [0.717, 1.165) is 32.3 Å². The summed E-state index contributed by atoms with van der Waals surface area (Å²) in [4.78, 5) is 0. The molecule has 0 atom stereocenters. The number of morpholine rings is 1. The van der Waals surface area contributed by atoms with Crippen LogP contribution in [0.2, 0.25) is 6.04 Å². The van der Waals surface area contributed by atoms with Gasteiger partial charge in [-0.25, -0.2) is 0 Å². The number of hydrogen-bond donors (Lipinski definition) is 0. The second-order valence-corrected chi connectivity index (χ2v) is 6.66. The van der Waals surface area contributed by atoms with Gasteiger partial charge in [0.05, 0.1) is 13.2 Å². The highest BCUT2D eigenvalue weighted by atomic mass is 28.4. The SMILES string of the molecule is CC[Si](OC)(OC)N1CCOCC1. The monoisotopic (exact) mass is 205 g/mol. The predicted octanol–water partition coefficient (Wildman–Crippen LogP) is 0.570. The van der Waals surface area contributed by atoms with Gasteiger partial charge in [-0.2, -0.15) is 0 Å². The van der Waals surface area contributed by atoms with E-state index in [1.165, 1.54) is 0 Å². The molecule has 1 aliphatic heterocycles. The molecule has 0 radical (unpaired) electrons. The highest BCUT2D eigenvalue weighted by Crippen LogP contribution is 2.18. The Kier molecular flexibility index (Phi) is 4.34. The topological polar surface area (TPSA) is 30.9 Å². The van der Waals surface area contributed by atoms with Crippen LogP contribution in [-0.2, 0) is 13.6 Å². The zero-order valence-electron chi connectivity index (χ0n) is 8.71. The molecule has 0 aromatic rings. The van der Waals surface area contributed by atoms with Gasteiger partial charge >= 0.3 is 8.72 Å². The molecule has 0 unspecified atom stereocenters. The van der Waals surface area contributed by atoms with Crippen molar-refractivity contribution in [3.8, 4) is 0 Å². The van der Waals surface area contributed by atoms with Crippen molar-refractivity contribution < 1.29 is 13.6 Å². The number of ether oxygens (including phenoxy) is 1. The Bertz CT molecular complexity index is 138. The quantitative estimate of drug-likeness (QED) is 0.628. The van der Waals surface area contributed by atoms with Crippen molar-refractivity contribution in [1.82, 2.24) is 4.57 Å². The fraction of sp³-hybridized carbons (Fsp3) is 1.00. The first-order valence-electron chi connectivity index (χ1n) is 4.72. The van der Waals surface area contributed by atoms with Crippen LogP contribution in [0.15, 0.2) is 0 Å². The van der Waals surface area contributed by atoms with Crippen LogP contribution in [0.25, 0.3) is 0 Å². The molecule has 5 heteroatoms. The maximum Gasteiger partial charge on any atom is 0.427 e. The van der Waals surface area contributed by atoms with Crippen LogP contribution in [0.5, 0.6) is 0 Å². The summed E-state index contributed by atoms with van der Waals surface area (Å²) in [5, 5.41) is 0. The highest BCUT2D eigenvalue weighted by molar-refractivity contribution is 6.64. The normalized spacial score (nSPS) is 20.5. The number of rotatable bonds is 4. The predicted molar refractivity (Wildman–Crippen MR) is 52.6 cm³/mol. The summed E-state index contributed by atoms with van der Waals surface area (Å²) in [6.07, 6.45) is 0. The highest BCUT2D eigenvalue weighted by Gasteiger charge is 2.42. The molecule has 0 bridgehead atoms. The summed E-state index contributed by atoms with van der Waals surface area (Å²) in [7, 11) is 1.43. The first-order chi connectivity index (χ1) is 6.29. The maximum atomic E-state index is 5.56. The molecule has 1 saturated heterocycles. The van der Waals surface area contributed by atoms with Crippen LogP contribution in [0, 0.1) is 0 Å². The summed E-state index contributed by atoms with van der Waals surface area (Å²) in [6.45, 7) is 5.57. The Morgan fingerprint density at radius 1 is 1.23 bits per heavy atom. The molecule has 1 rings (SSSR count). The van der Waals surface area contributed by atoms with E-state index in [2.05, 4.69) is 11.5 Å². The smallest absolute Gasteiger partial charge is 0.386 e. The molecular formula is C8H19NO3Si. The molecule has 78 valence electrons. The third-order valence-corrected chi connectivity index (χ3v) is 6.16. The summed E-state index contributed by atoms with van der Waals surface area (Å²) < 4.78 is 18.7. The van der Waals surface area contributed by atoms with Crippen LogP contribution in [0.1, 0.15) is 6.92 Å². The first kappa shape index (κ1) is 11.1. The van der Waals surface area contributed by atoms with E-state index in [0.29, 0.717) is 0 Å². The lowest BCUT2D eigenvalue weighted by molar-refractivity contribution is 0.0406. The van der Waals surface area contributed by atoms with Crippen molar-refractivity contribution in [3.05, 3.63) is 0 Å². The minimum absolute atomic E-state index is 0.793. The summed E-state index contributed by atoms with van der Waals surface area (Å²) in [5.41, 5.74) is 0. The standard InChI is InChI=1S/C8H19NO3Si/c1-4-13(10-2,11-3)9-5-7-12-8-6-9/h4-8H2,1-3H3. The van der Waals surface area contributed by atoms with E-state index in [1.807, 2.05) is 0 Å². The molecular weight excluding hydrogens is 186 g/mol. The van der Waals surface area contributed by atoms with Crippen LogP contribution in [-0.4, -0.2) is 53.8 Å². The van der Waals surface area contributed by atoms with E-state index in [1.54, 1.807) is 14.2 Å². The van der Waals surface area contributed by atoms with Gasteiger partial charge in [0, 0.05) is 33.4 Å². The second-order valence-electron chi connectivity index (χ2n) is 3.07. The second kappa shape index (κ2) is 5.07. The lowest BCUT2D eigenvalue weighted by atomic mass is 10.5. The lowest BCUT2D eigenvalue weighted by Crippen LogP contribution is -2.60. The zero-order valence-corrected chi connectivity index (χ0v) is 9.71. The molecule has 0 N–H and O–H groups in total. The van der Waals surface area contributed by atoms with Gasteiger partial charge in [-0.15, -0.1) is 0 Å². The fourth-order valence-corrected chi connectivity index (χ4v) is 4.33. The van der Waals surface area contributed by atoms with Gasteiger partial charge in [-0.05, 0) is 0 Å². The molecule has 0 aliphatic carbocycles. The average Bonchev–Trinajstić information content (AvgIpc) is 2.23. The Hall–Kier alpha value is 0.0569. The molecule has 13 heavy (non-hydrogen) atoms. The van der Waals surface area contributed by atoms with Crippen molar-refractivity contribution in [1.29, 1.82) is 0 Å². The molecule has 1 fully saturated rings. The van der Waals surface area contributed by atoms with Crippen molar-refractivity contribution in [3.63, 3.8) is 0 Å². The van der Waals surface area contributed by atoms with Crippen LogP contribution in [0.4, 0.5) is 0 Å². The van der Waals surface area contributed by atoms with Gasteiger partial charge in [-0.1, -0.05) is 6.92 Å². The van der Waals surface area contributed by atoms with Crippen LogP contribution >= 0.6 is 0 Å². The van der Waals surface area contributed by atoms with Crippen molar-refractivity contribution in [2.45, 2.75) is 13.0 Å². The molecule has 0 aromatic carbocycles. The van der Waals surface area contributed by atoms with E-state index >= 15 is 0 Å². The average molecular weight is 205 g/mol. The third-order valence-electron chi connectivity index (χ3n) is 2.58.